The van der Waals surface area contributed by atoms with Crippen molar-refractivity contribution < 1.29 is 19.1 Å². The first-order valence-electron chi connectivity index (χ1n) is 7.15. The third kappa shape index (κ3) is 4.01. The third-order valence-electron chi connectivity index (χ3n) is 3.60. The van der Waals surface area contributed by atoms with Crippen molar-refractivity contribution in [3.63, 3.8) is 0 Å². The van der Waals surface area contributed by atoms with Crippen molar-refractivity contribution in [1.82, 2.24) is 10.6 Å². The van der Waals surface area contributed by atoms with Crippen LogP contribution < -0.4 is 10.6 Å². The van der Waals surface area contributed by atoms with Crippen molar-refractivity contribution in [3.8, 4) is 0 Å². The number of amides is 2. The molecule has 2 amide bonds. The number of Topliss-reactive ketones (excluding diaryl/α,β-unsaturated/α-hetero) is 1. The quantitative estimate of drug-likeness (QED) is 0.694. The van der Waals surface area contributed by atoms with Crippen LogP contribution in [0.15, 0.2) is 23.8 Å². The molecule has 0 aromatic carbocycles. The van der Waals surface area contributed by atoms with Gasteiger partial charge in [0.2, 0.25) is 5.91 Å². The zero-order chi connectivity index (χ0) is 16.1. The maximum atomic E-state index is 12.3. The van der Waals surface area contributed by atoms with Gasteiger partial charge in [-0.1, -0.05) is 33.4 Å². The van der Waals surface area contributed by atoms with E-state index in [0.717, 1.165) is 6.42 Å². The predicted octanol–water partition coefficient (Wildman–Crippen LogP) is 0.646. The molecule has 0 spiro atoms. The fraction of sp³-hybridized carbons (Fsp3) is 0.500. The molecule has 1 aliphatic heterocycles. The summed E-state index contributed by atoms with van der Waals surface area (Å²) in [5.41, 5.74) is 0.563. The van der Waals surface area contributed by atoms with Gasteiger partial charge in [-0.05, 0) is 12.8 Å². The summed E-state index contributed by atoms with van der Waals surface area (Å²) in [6.45, 7) is 1.93. The second-order valence-corrected chi connectivity index (χ2v) is 6.99. The highest BCUT2D eigenvalue weighted by Crippen LogP contribution is 2.27. The molecule has 1 fully saturated rings. The molecule has 0 aromatic heterocycles. The van der Waals surface area contributed by atoms with Gasteiger partial charge >= 0.3 is 0 Å². The minimum Gasteiger partial charge on any atom is -0.368 e. The number of carbonyl (C=O) groups excluding carboxylic acids is 3. The molecule has 1 heterocycles. The van der Waals surface area contributed by atoms with E-state index >= 15 is 0 Å². The molecule has 1 aliphatic carbocycles. The van der Waals surface area contributed by atoms with Gasteiger partial charge in [-0.15, -0.1) is 8.93 Å². The Balaban J connectivity index is 1.95. The van der Waals surface area contributed by atoms with E-state index in [2.05, 4.69) is 19.6 Å². The molecule has 2 rings (SSSR count). The van der Waals surface area contributed by atoms with Crippen LogP contribution in [0.2, 0.25) is 0 Å². The minimum absolute atomic E-state index is 0.0291. The Morgan fingerprint density at radius 2 is 2.32 bits per heavy atom. The number of ketones is 1. The summed E-state index contributed by atoms with van der Waals surface area (Å²) >= 11 is 0. The second-order valence-electron chi connectivity index (χ2n) is 5.08. The molecule has 1 saturated heterocycles. The van der Waals surface area contributed by atoms with Gasteiger partial charge in [0, 0.05) is 5.57 Å². The van der Waals surface area contributed by atoms with Crippen LogP contribution in [0.3, 0.4) is 0 Å². The molecule has 2 N–H and O–H groups in total. The Hall–Kier alpha value is -1.09. The summed E-state index contributed by atoms with van der Waals surface area (Å²) in [5, 5.41) is 5.40. The van der Waals surface area contributed by atoms with E-state index in [1.807, 2.05) is 13.0 Å². The Morgan fingerprint density at radius 1 is 1.55 bits per heavy atom. The van der Waals surface area contributed by atoms with Gasteiger partial charge < -0.3 is 15.4 Å². The van der Waals surface area contributed by atoms with E-state index in [1.165, 1.54) is 0 Å². The summed E-state index contributed by atoms with van der Waals surface area (Å²) in [6.07, 6.45) is 6.51. The number of ether oxygens (including phenoxy) is 1. The van der Waals surface area contributed by atoms with E-state index < -0.39 is 11.8 Å². The Bertz CT molecular complexity index is 533. The summed E-state index contributed by atoms with van der Waals surface area (Å²) in [4.78, 5) is 36.1. The van der Waals surface area contributed by atoms with Crippen molar-refractivity contribution in [2.24, 2.45) is 0 Å². The van der Waals surface area contributed by atoms with Crippen molar-refractivity contribution in [1.29, 1.82) is 0 Å². The van der Waals surface area contributed by atoms with E-state index in [0.29, 0.717) is 12.0 Å². The molecule has 0 aromatic rings. The lowest BCUT2D eigenvalue weighted by Gasteiger charge is -2.21. The van der Waals surface area contributed by atoms with Gasteiger partial charge in [-0.3, -0.25) is 14.4 Å². The lowest BCUT2D eigenvalue weighted by molar-refractivity contribution is -0.128. The maximum absolute atomic E-state index is 12.3. The second kappa shape index (κ2) is 7.96. The normalized spacial score (nSPS) is 25.5. The van der Waals surface area contributed by atoms with E-state index in [4.69, 9.17) is 4.74 Å². The van der Waals surface area contributed by atoms with Crippen molar-refractivity contribution in [2.75, 3.05) is 6.61 Å². The van der Waals surface area contributed by atoms with Crippen molar-refractivity contribution in [2.45, 2.75) is 37.7 Å². The monoisotopic (exact) mass is 342 g/mol. The first kappa shape index (κ1) is 17.3. The molecular formula is C14H20N2O4P2. The van der Waals surface area contributed by atoms with E-state index in [1.54, 1.807) is 12.2 Å². The highest BCUT2D eigenvalue weighted by molar-refractivity contribution is 8.03. The van der Waals surface area contributed by atoms with Gasteiger partial charge in [0.15, 0.2) is 5.78 Å². The first-order chi connectivity index (χ1) is 10.6. The minimum atomic E-state index is -0.668. The number of rotatable bonds is 6. The lowest BCUT2D eigenvalue weighted by atomic mass is 10.1. The molecule has 2 unspecified atom stereocenters. The first-order valence-corrected chi connectivity index (χ1v) is 10.0. The topological polar surface area (TPSA) is 84.5 Å². The lowest BCUT2D eigenvalue weighted by Crippen LogP contribution is -2.51. The van der Waals surface area contributed by atoms with Gasteiger partial charge in [0.05, 0.1) is 6.10 Å². The van der Waals surface area contributed by atoms with Gasteiger partial charge in [-0.2, -0.15) is 0 Å². The van der Waals surface area contributed by atoms with E-state index in [-0.39, 0.29) is 38.6 Å². The van der Waals surface area contributed by atoms with Gasteiger partial charge in [-0.25, -0.2) is 0 Å². The Morgan fingerprint density at radius 3 is 2.91 bits per heavy atom. The smallest absolute Gasteiger partial charge is 0.251 e. The Kier molecular flexibility index (Phi) is 6.25. The van der Waals surface area contributed by atoms with E-state index in [9.17, 15) is 14.4 Å². The summed E-state index contributed by atoms with van der Waals surface area (Å²) in [5.74, 6) is -1.42. The standard InChI is InChI=1S/C14H20N2O4P2/c1-2-10-11(9(17)7-20-10)15-13(19)14(22-21)16-12(18)8-5-3-4-6-8/h3,5-6,10-11,14,22H,2,4,7,21H2,1H3,(H,15,19)(H,16,18)/t10-,11+,14-/m0/s1. The van der Waals surface area contributed by atoms with Crippen LogP contribution in [0.25, 0.3) is 0 Å². The van der Waals surface area contributed by atoms with Gasteiger partial charge in [0.25, 0.3) is 5.91 Å². The highest BCUT2D eigenvalue weighted by Gasteiger charge is 2.37. The molecule has 0 radical (unpaired) electrons. The van der Waals surface area contributed by atoms with Crippen LogP contribution in [-0.4, -0.2) is 42.1 Å². The summed E-state index contributed by atoms with van der Waals surface area (Å²) in [6, 6.07) is -0.621. The molecule has 22 heavy (non-hydrogen) atoms. The fourth-order valence-electron chi connectivity index (χ4n) is 2.37. The van der Waals surface area contributed by atoms with Crippen LogP contribution in [0.5, 0.6) is 0 Å². The Labute approximate surface area is 133 Å². The zero-order valence-electron chi connectivity index (χ0n) is 12.3. The molecule has 120 valence electrons. The van der Waals surface area contributed by atoms with Crippen molar-refractivity contribution in [3.05, 3.63) is 23.8 Å². The average molecular weight is 342 g/mol. The fourth-order valence-corrected chi connectivity index (χ4v) is 3.52. The number of hydrogen-bond acceptors (Lipinski definition) is 4. The average Bonchev–Trinajstić information content (AvgIpc) is 3.15. The number of nitrogens with one attached hydrogen (secondary N) is 2. The van der Waals surface area contributed by atoms with Crippen LogP contribution in [-0.2, 0) is 19.1 Å². The molecule has 5 atom stereocenters. The van der Waals surface area contributed by atoms with Crippen LogP contribution in [0.1, 0.15) is 19.8 Å². The summed E-state index contributed by atoms with van der Waals surface area (Å²) < 4.78 is 5.33. The van der Waals surface area contributed by atoms with Crippen LogP contribution in [0, 0.1) is 0 Å². The number of carbonyl (C=O) groups is 3. The molecule has 0 saturated carbocycles. The number of hydrogen-bond donors (Lipinski definition) is 2. The van der Waals surface area contributed by atoms with Gasteiger partial charge in [0.1, 0.15) is 18.4 Å². The van der Waals surface area contributed by atoms with Crippen LogP contribution in [0.4, 0.5) is 0 Å². The molecule has 6 nitrogen and oxygen atoms in total. The largest absolute Gasteiger partial charge is 0.368 e. The third-order valence-corrected chi connectivity index (χ3v) is 5.34. The zero-order valence-corrected chi connectivity index (χ0v) is 14.5. The molecule has 2 aliphatic rings. The molecule has 0 bridgehead atoms. The predicted molar refractivity (Wildman–Crippen MR) is 88.8 cm³/mol. The SMILES string of the molecule is CC[C@@H]1OCC(=O)[C@H]1NC(=O)[C@@H](NC(=O)C1=CCC=C1)PP. The van der Waals surface area contributed by atoms with Crippen LogP contribution >= 0.6 is 17.2 Å². The molecular weight excluding hydrogens is 322 g/mol. The maximum Gasteiger partial charge on any atom is 0.251 e. The number of allylic oxidation sites excluding steroid dienone is 2. The molecule has 8 heteroatoms. The summed E-state index contributed by atoms with van der Waals surface area (Å²) in [7, 11) is 2.58. The van der Waals surface area contributed by atoms with Crippen molar-refractivity contribution >= 4 is 34.8 Å². The highest BCUT2D eigenvalue weighted by atomic mass is 32.0.